The van der Waals surface area contributed by atoms with E-state index in [0.29, 0.717) is 23.0 Å². The van der Waals surface area contributed by atoms with E-state index in [1.54, 1.807) is 0 Å². The van der Waals surface area contributed by atoms with Crippen LogP contribution in [0.15, 0.2) is 12.1 Å². The first kappa shape index (κ1) is 18.3. The highest BCUT2D eigenvalue weighted by Crippen LogP contribution is 2.47. The standard InChI is InChI=1S/C22H19BO5/c23-18-19(25)15(20(26)22(28)21(18)27)7-6-13-8-16-11-2-1-3-12(5-4-11)17(16)9-14(13)10-24/h8-12,25-28H,1-5H2. The summed E-state index contributed by atoms with van der Waals surface area (Å²) in [5.41, 5.74) is 2.62. The molecule has 2 bridgehead atoms. The Morgan fingerprint density at radius 1 is 0.857 bits per heavy atom. The lowest BCUT2D eigenvalue weighted by molar-refractivity contribution is 0.112. The fourth-order valence-electron chi connectivity index (χ4n) is 4.45. The van der Waals surface area contributed by atoms with Crippen LogP contribution in [-0.2, 0) is 0 Å². The summed E-state index contributed by atoms with van der Waals surface area (Å²) in [6, 6.07) is 3.85. The second-order valence-corrected chi connectivity index (χ2v) is 7.52. The predicted octanol–water partition coefficient (Wildman–Crippen LogP) is 2.66. The fraction of sp³-hybridized carbons (Fsp3) is 0.318. The maximum Gasteiger partial charge on any atom is 0.201 e. The van der Waals surface area contributed by atoms with E-state index in [-0.39, 0.29) is 5.56 Å². The molecule has 2 unspecified atom stereocenters. The molecular formula is C22H19BO5. The van der Waals surface area contributed by atoms with Gasteiger partial charge in [0.1, 0.15) is 19.2 Å². The first-order valence-electron chi connectivity index (χ1n) is 9.32. The molecular weight excluding hydrogens is 355 g/mol. The maximum absolute atomic E-state index is 11.6. The highest BCUT2D eigenvalue weighted by molar-refractivity contribution is 6.37. The van der Waals surface area contributed by atoms with Crippen LogP contribution in [0.2, 0.25) is 0 Å². The average Bonchev–Trinajstić information content (AvgIpc) is 3.05. The Morgan fingerprint density at radius 3 is 2.14 bits per heavy atom. The quantitative estimate of drug-likeness (QED) is 0.202. The largest absolute Gasteiger partial charge is 0.507 e. The fourth-order valence-corrected chi connectivity index (χ4v) is 4.45. The van der Waals surface area contributed by atoms with Crippen molar-refractivity contribution >= 4 is 19.6 Å². The van der Waals surface area contributed by atoms with E-state index in [9.17, 15) is 25.2 Å². The molecule has 0 aromatic heterocycles. The molecule has 2 radical (unpaired) electrons. The summed E-state index contributed by atoms with van der Waals surface area (Å²) in [5.74, 6) is 3.30. The Hall–Kier alpha value is -3.07. The van der Waals surface area contributed by atoms with Crippen molar-refractivity contribution in [3.8, 4) is 34.8 Å². The molecule has 4 N–H and O–H groups in total. The summed E-state index contributed by atoms with van der Waals surface area (Å²) < 4.78 is 0. The molecule has 1 saturated carbocycles. The van der Waals surface area contributed by atoms with Gasteiger partial charge in [-0.3, -0.25) is 4.79 Å². The van der Waals surface area contributed by atoms with Crippen molar-refractivity contribution in [2.24, 2.45) is 0 Å². The van der Waals surface area contributed by atoms with Gasteiger partial charge in [-0.25, -0.2) is 0 Å². The van der Waals surface area contributed by atoms with E-state index in [1.807, 2.05) is 12.1 Å². The minimum absolute atomic E-state index is 0.305. The molecule has 2 atom stereocenters. The first-order valence-corrected chi connectivity index (χ1v) is 9.32. The number of phenolic OH excluding ortho intramolecular Hbond substituents is 4. The molecule has 1 fully saturated rings. The number of carbonyl (C=O) groups excluding carboxylic acids is 1. The van der Waals surface area contributed by atoms with E-state index < -0.39 is 28.5 Å². The molecule has 3 aliphatic rings. The summed E-state index contributed by atoms with van der Waals surface area (Å²) in [6.45, 7) is 0. The zero-order valence-corrected chi connectivity index (χ0v) is 15.2. The maximum atomic E-state index is 11.6. The van der Waals surface area contributed by atoms with E-state index >= 15 is 0 Å². The third kappa shape index (κ3) is 2.79. The summed E-state index contributed by atoms with van der Waals surface area (Å²) in [5, 5.41) is 39.4. The highest BCUT2D eigenvalue weighted by atomic mass is 16.3. The molecule has 2 aromatic rings. The summed E-state index contributed by atoms with van der Waals surface area (Å²) in [4.78, 5) is 11.6. The van der Waals surface area contributed by atoms with Gasteiger partial charge in [0.25, 0.3) is 0 Å². The number of aromatic hydroxyl groups is 4. The van der Waals surface area contributed by atoms with Gasteiger partial charge in [0.15, 0.2) is 17.8 Å². The zero-order valence-electron chi connectivity index (χ0n) is 15.2. The highest BCUT2D eigenvalue weighted by Gasteiger charge is 2.31. The van der Waals surface area contributed by atoms with Crippen LogP contribution < -0.4 is 5.46 Å². The number of hydrogen-bond acceptors (Lipinski definition) is 5. The van der Waals surface area contributed by atoms with E-state index in [0.717, 1.165) is 32.0 Å². The van der Waals surface area contributed by atoms with Crippen LogP contribution in [0, 0.1) is 11.8 Å². The minimum atomic E-state index is -0.852. The molecule has 6 heteroatoms. The lowest BCUT2D eigenvalue weighted by atomic mass is 9.77. The Bertz CT molecular complexity index is 1010. The Kier molecular flexibility index (Phi) is 4.47. The number of carbonyl (C=O) groups is 1. The van der Waals surface area contributed by atoms with Gasteiger partial charge >= 0.3 is 0 Å². The van der Waals surface area contributed by atoms with Crippen LogP contribution in [0.4, 0.5) is 0 Å². The molecule has 0 spiro atoms. The normalized spacial score (nSPS) is 20.0. The van der Waals surface area contributed by atoms with Crippen molar-refractivity contribution < 1.29 is 25.2 Å². The Labute approximate surface area is 164 Å². The summed E-state index contributed by atoms with van der Waals surface area (Å²) in [6.07, 6.45) is 6.48. The number of fused-ring (bicyclic) bond motifs is 3. The van der Waals surface area contributed by atoms with Gasteiger partial charge in [-0.15, -0.1) is 0 Å². The predicted molar refractivity (Wildman–Crippen MR) is 105 cm³/mol. The summed E-state index contributed by atoms with van der Waals surface area (Å²) >= 11 is 0. The van der Waals surface area contributed by atoms with E-state index in [1.165, 1.54) is 17.5 Å². The van der Waals surface area contributed by atoms with Crippen molar-refractivity contribution in [1.82, 2.24) is 0 Å². The average molecular weight is 374 g/mol. The zero-order chi connectivity index (χ0) is 20.0. The SMILES string of the molecule is [B]c1c(O)c(O)c(O)c(C#Cc2cc3c(cc2C=O)C2CCCC3CC2)c1O. The number of benzene rings is 2. The van der Waals surface area contributed by atoms with Gasteiger partial charge in [-0.1, -0.05) is 18.3 Å². The van der Waals surface area contributed by atoms with Gasteiger partial charge in [-0.05, 0) is 66.2 Å². The molecule has 5 rings (SSSR count). The lowest BCUT2D eigenvalue weighted by Gasteiger charge is -2.28. The van der Waals surface area contributed by atoms with Gasteiger partial charge in [0.05, 0.1) is 0 Å². The summed E-state index contributed by atoms with van der Waals surface area (Å²) in [7, 11) is 5.53. The van der Waals surface area contributed by atoms with Crippen LogP contribution in [0.3, 0.4) is 0 Å². The second-order valence-electron chi connectivity index (χ2n) is 7.52. The topological polar surface area (TPSA) is 98.0 Å². The van der Waals surface area contributed by atoms with Crippen LogP contribution >= 0.6 is 0 Å². The molecule has 140 valence electrons. The molecule has 0 heterocycles. The molecule has 28 heavy (non-hydrogen) atoms. The Morgan fingerprint density at radius 2 is 1.50 bits per heavy atom. The van der Waals surface area contributed by atoms with E-state index in [2.05, 4.69) is 11.8 Å². The van der Waals surface area contributed by atoms with Crippen molar-refractivity contribution in [1.29, 1.82) is 0 Å². The Balaban J connectivity index is 1.85. The number of phenols is 4. The van der Waals surface area contributed by atoms with Gasteiger partial charge in [0, 0.05) is 11.1 Å². The smallest absolute Gasteiger partial charge is 0.201 e. The van der Waals surface area contributed by atoms with Crippen LogP contribution in [-0.4, -0.2) is 34.6 Å². The van der Waals surface area contributed by atoms with Crippen molar-refractivity contribution in [3.63, 3.8) is 0 Å². The molecule has 5 nitrogen and oxygen atoms in total. The monoisotopic (exact) mass is 374 g/mol. The molecule has 0 amide bonds. The van der Waals surface area contributed by atoms with Gasteiger partial charge in [-0.2, -0.15) is 0 Å². The lowest BCUT2D eigenvalue weighted by Crippen LogP contribution is -2.12. The molecule has 0 saturated heterocycles. The minimum Gasteiger partial charge on any atom is -0.507 e. The van der Waals surface area contributed by atoms with Crippen molar-refractivity contribution in [3.05, 3.63) is 39.9 Å². The van der Waals surface area contributed by atoms with E-state index in [4.69, 9.17) is 7.85 Å². The van der Waals surface area contributed by atoms with Crippen molar-refractivity contribution in [2.45, 2.75) is 43.9 Å². The number of hydrogen-bond donors (Lipinski definition) is 4. The van der Waals surface area contributed by atoms with Crippen molar-refractivity contribution in [2.75, 3.05) is 0 Å². The first-order chi connectivity index (χ1) is 13.4. The molecule has 0 aliphatic heterocycles. The van der Waals surface area contributed by atoms with Crippen LogP contribution in [0.1, 0.15) is 76.6 Å². The third-order valence-electron chi connectivity index (χ3n) is 5.99. The van der Waals surface area contributed by atoms with Gasteiger partial charge in [0.2, 0.25) is 5.75 Å². The number of aldehydes is 1. The van der Waals surface area contributed by atoms with Crippen LogP contribution in [0.25, 0.3) is 0 Å². The third-order valence-corrected chi connectivity index (χ3v) is 5.99. The second kappa shape index (κ2) is 6.83. The van der Waals surface area contributed by atoms with Gasteiger partial charge < -0.3 is 20.4 Å². The molecule has 3 aliphatic carbocycles. The van der Waals surface area contributed by atoms with Crippen LogP contribution in [0.5, 0.6) is 23.0 Å². The number of rotatable bonds is 1. The molecule has 2 aromatic carbocycles.